The van der Waals surface area contributed by atoms with Crippen LogP contribution in [0.15, 0.2) is 0 Å². The molecule has 0 aromatic carbocycles. The summed E-state index contributed by atoms with van der Waals surface area (Å²) in [5, 5.41) is 4.53. The predicted octanol–water partition coefficient (Wildman–Crippen LogP) is 5.44. The van der Waals surface area contributed by atoms with Crippen LogP contribution < -0.4 is 10.6 Å². The van der Waals surface area contributed by atoms with Gasteiger partial charge in [0, 0.05) is 52.4 Å². The number of hydrogen-bond acceptors (Lipinski definition) is 9. The number of amides is 4. The highest BCUT2D eigenvalue weighted by Gasteiger charge is 2.54. The first kappa shape index (κ1) is 41.7. The minimum atomic E-state index is -0.449. The highest BCUT2D eigenvalue weighted by Crippen LogP contribution is 2.55. The van der Waals surface area contributed by atoms with Crippen molar-refractivity contribution in [1.29, 1.82) is 0 Å². The largest absolute Gasteiger partial charge is 0.355 e. The van der Waals surface area contributed by atoms with Crippen molar-refractivity contribution in [3.05, 3.63) is 0 Å². The second-order valence-electron chi connectivity index (χ2n) is 15.8. The normalized spacial score (nSPS) is 27.6. The third kappa shape index (κ3) is 11.6. The summed E-state index contributed by atoms with van der Waals surface area (Å²) in [5.41, 5.74) is 0. The van der Waals surface area contributed by atoms with E-state index in [-0.39, 0.29) is 27.7 Å². The van der Waals surface area contributed by atoms with Gasteiger partial charge in [0.25, 0.3) is 0 Å². The summed E-state index contributed by atoms with van der Waals surface area (Å²) in [5.74, 6) is 1.42. The Balaban J connectivity index is 1.67. The van der Waals surface area contributed by atoms with Gasteiger partial charge in [-0.25, -0.2) is 0 Å². The van der Waals surface area contributed by atoms with Crippen molar-refractivity contribution in [3.63, 3.8) is 0 Å². The first-order valence-electron chi connectivity index (χ1n) is 17.9. The fraction of sp³-hybridized carbons (Fsp3) is 0.886. The summed E-state index contributed by atoms with van der Waals surface area (Å²) in [6.07, 6.45) is 1.56. The number of rotatable bonds is 15. The predicted molar refractivity (Wildman–Crippen MR) is 207 cm³/mol. The molecule has 0 aliphatic carbocycles. The quantitative estimate of drug-likeness (QED) is 0.212. The van der Waals surface area contributed by atoms with Gasteiger partial charge in [-0.15, -0.1) is 47.0 Å². The molecule has 5 atom stereocenters. The fourth-order valence-corrected chi connectivity index (χ4v) is 13.6. The lowest BCUT2D eigenvalue weighted by atomic mass is 10.1. The maximum absolute atomic E-state index is 14.0. The van der Waals surface area contributed by atoms with Crippen LogP contribution in [0, 0.1) is 23.7 Å². The second kappa shape index (κ2) is 18.1. The summed E-state index contributed by atoms with van der Waals surface area (Å²) < 4.78 is -0.665. The van der Waals surface area contributed by atoms with Gasteiger partial charge in [0.1, 0.15) is 25.2 Å². The van der Waals surface area contributed by atoms with Gasteiger partial charge in [0.2, 0.25) is 23.6 Å². The van der Waals surface area contributed by atoms with Crippen molar-refractivity contribution in [2.75, 3.05) is 52.4 Å². The highest BCUT2D eigenvalue weighted by atomic mass is 32.2. The number of nitrogens with one attached hydrogen (secondary N) is 2. The molecule has 2 bridgehead atoms. The molecule has 13 heteroatoms. The first-order chi connectivity index (χ1) is 22.3. The molecule has 3 rings (SSSR count). The van der Waals surface area contributed by atoms with E-state index in [0.717, 1.165) is 25.9 Å². The first-order valence-corrected chi connectivity index (χ1v) is 21.4. The highest BCUT2D eigenvalue weighted by molar-refractivity contribution is 8.23. The number of nitrogens with zero attached hydrogens (tertiary/aromatic N) is 3. The molecule has 3 heterocycles. The van der Waals surface area contributed by atoms with Gasteiger partial charge < -0.3 is 20.4 Å². The molecule has 9 nitrogen and oxygen atoms in total. The standard InChI is InChI=1S/C35H63N5O4S4/c1-22(2)18-38(19-23(3)4)32(43)28-26(45-34(9,10)46-28)30(41)36-14-12-16-40-17-13-15-37-31(42)27-29(48-35(40,11)47-27)33(44)39(20-24(5)6)21-25(7)8/h22-29H,12-21H2,1-11H3,(H,36,41)(H,37,42). The molecular formula is C35H63N5O4S4. The van der Waals surface area contributed by atoms with Crippen molar-refractivity contribution in [2.24, 2.45) is 23.7 Å². The smallest absolute Gasteiger partial charge is 0.237 e. The van der Waals surface area contributed by atoms with Crippen molar-refractivity contribution < 1.29 is 19.2 Å². The molecule has 0 aromatic rings. The average molecular weight is 746 g/mol. The molecular weight excluding hydrogens is 683 g/mol. The Labute approximate surface area is 308 Å². The molecule has 4 amide bonds. The van der Waals surface area contributed by atoms with Crippen LogP contribution in [0.1, 0.15) is 89.0 Å². The Morgan fingerprint density at radius 1 is 0.792 bits per heavy atom. The average Bonchev–Trinajstić information content (AvgIpc) is 3.51. The van der Waals surface area contributed by atoms with Crippen molar-refractivity contribution in [2.45, 2.75) is 118 Å². The van der Waals surface area contributed by atoms with Crippen LogP contribution >= 0.6 is 47.0 Å². The van der Waals surface area contributed by atoms with E-state index >= 15 is 0 Å². The third-order valence-electron chi connectivity index (χ3n) is 8.41. The fourth-order valence-electron chi connectivity index (χ4n) is 6.59. The van der Waals surface area contributed by atoms with Crippen LogP contribution in [-0.4, -0.2) is 120 Å². The zero-order valence-corrected chi connectivity index (χ0v) is 34.6. The zero-order valence-electron chi connectivity index (χ0n) is 31.3. The SMILES string of the molecule is CC(C)CN(CC(C)C)C(=O)C1SC(C)(C)SC1C(=O)NCCCN1CCCNC(=O)C2SC1(C)SC2C(=O)N(CC(C)C)CC(C)C. The Morgan fingerprint density at radius 2 is 1.29 bits per heavy atom. The molecule has 48 heavy (non-hydrogen) atoms. The Bertz CT molecular complexity index is 1100. The molecule has 3 aliphatic rings. The maximum Gasteiger partial charge on any atom is 0.237 e. The Kier molecular flexibility index (Phi) is 15.7. The van der Waals surface area contributed by atoms with E-state index in [1.807, 2.05) is 9.80 Å². The number of carbonyl (C=O) groups is 4. The van der Waals surface area contributed by atoms with Gasteiger partial charge in [-0.1, -0.05) is 55.4 Å². The van der Waals surface area contributed by atoms with Crippen LogP contribution in [0.2, 0.25) is 0 Å². The van der Waals surface area contributed by atoms with E-state index in [9.17, 15) is 19.2 Å². The lowest BCUT2D eigenvalue weighted by Gasteiger charge is -2.37. The number of carbonyl (C=O) groups excluding carboxylic acids is 4. The molecule has 2 N–H and O–H groups in total. The molecule has 3 aliphatic heterocycles. The lowest BCUT2D eigenvalue weighted by Crippen LogP contribution is -2.49. The van der Waals surface area contributed by atoms with E-state index in [0.29, 0.717) is 62.9 Å². The minimum Gasteiger partial charge on any atom is -0.355 e. The van der Waals surface area contributed by atoms with Gasteiger partial charge in [-0.2, -0.15) is 0 Å². The van der Waals surface area contributed by atoms with Gasteiger partial charge in [0.05, 0.1) is 4.08 Å². The van der Waals surface area contributed by atoms with Crippen molar-refractivity contribution in [3.8, 4) is 0 Å². The van der Waals surface area contributed by atoms with E-state index in [4.69, 9.17) is 0 Å². The number of hydrogen-bond donors (Lipinski definition) is 2. The molecule has 0 spiro atoms. The van der Waals surface area contributed by atoms with Gasteiger partial charge in [-0.05, 0) is 57.3 Å². The summed E-state index contributed by atoms with van der Waals surface area (Å²) >= 11 is 6.43. The van der Waals surface area contributed by atoms with E-state index < -0.39 is 25.2 Å². The summed E-state index contributed by atoms with van der Waals surface area (Å²) in [4.78, 5) is 61.2. The van der Waals surface area contributed by atoms with Crippen LogP contribution in [0.4, 0.5) is 0 Å². The number of thioether (sulfide) groups is 4. The van der Waals surface area contributed by atoms with Crippen LogP contribution in [0.5, 0.6) is 0 Å². The van der Waals surface area contributed by atoms with E-state index in [2.05, 4.69) is 91.7 Å². The Morgan fingerprint density at radius 3 is 1.81 bits per heavy atom. The molecule has 3 fully saturated rings. The van der Waals surface area contributed by atoms with Crippen molar-refractivity contribution in [1.82, 2.24) is 25.3 Å². The molecule has 5 unspecified atom stereocenters. The van der Waals surface area contributed by atoms with E-state index in [1.54, 1.807) is 47.0 Å². The van der Waals surface area contributed by atoms with Gasteiger partial charge in [0.15, 0.2) is 0 Å². The summed E-state index contributed by atoms with van der Waals surface area (Å²) in [6, 6.07) is 0. The van der Waals surface area contributed by atoms with Gasteiger partial charge >= 0.3 is 0 Å². The minimum absolute atomic E-state index is 0.0444. The van der Waals surface area contributed by atoms with Crippen LogP contribution in [-0.2, 0) is 19.2 Å². The maximum atomic E-state index is 14.0. The van der Waals surface area contributed by atoms with Crippen LogP contribution in [0.3, 0.4) is 0 Å². The third-order valence-corrected chi connectivity index (χ3v) is 15.4. The molecule has 0 saturated carbocycles. The summed E-state index contributed by atoms with van der Waals surface area (Å²) in [7, 11) is 0. The Hall–Kier alpha value is -0.760. The zero-order chi connectivity index (χ0) is 36.0. The van der Waals surface area contributed by atoms with Crippen molar-refractivity contribution >= 4 is 70.7 Å². The molecule has 0 radical (unpaired) electrons. The molecule has 0 aromatic heterocycles. The number of fused-ring (bicyclic) bond motifs is 2. The van der Waals surface area contributed by atoms with Crippen LogP contribution in [0.25, 0.3) is 0 Å². The second-order valence-corrected chi connectivity index (χ2v) is 22.9. The topological polar surface area (TPSA) is 102 Å². The lowest BCUT2D eigenvalue weighted by molar-refractivity contribution is -0.133. The molecule has 3 saturated heterocycles. The van der Waals surface area contributed by atoms with Gasteiger partial charge in [-0.3, -0.25) is 24.1 Å². The monoisotopic (exact) mass is 745 g/mol. The van der Waals surface area contributed by atoms with E-state index in [1.165, 1.54) is 0 Å². The molecule has 276 valence electrons. The summed E-state index contributed by atoms with van der Waals surface area (Å²) in [6.45, 7) is 28.7.